The Hall–Kier alpha value is -0.860. The Morgan fingerprint density at radius 1 is 1.62 bits per heavy atom. The molecule has 3 heteroatoms. The summed E-state index contributed by atoms with van der Waals surface area (Å²) in [7, 11) is 1.41. The standard InChI is InChI=1S/C10H12O3/c1-13-7(11)3-4-5-2-6-8(4)9(6)10(5)12/h4-6,8-9H,2-3H2,1H3/t4-,5+,6-,8-,9-/m1/s1. The Labute approximate surface area is 76.4 Å². The lowest BCUT2D eigenvalue weighted by atomic mass is 9.94. The first kappa shape index (κ1) is 7.54. The van der Waals surface area contributed by atoms with Crippen molar-refractivity contribution >= 4 is 11.8 Å². The Kier molecular flexibility index (Phi) is 1.24. The van der Waals surface area contributed by atoms with Gasteiger partial charge in [-0.25, -0.2) is 0 Å². The van der Waals surface area contributed by atoms with Crippen LogP contribution in [0.4, 0.5) is 0 Å². The summed E-state index contributed by atoms with van der Waals surface area (Å²) in [6.07, 6.45) is 1.51. The van der Waals surface area contributed by atoms with Crippen molar-refractivity contribution < 1.29 is 14.3 Å². The summed E-state index contributed by atoms with van der Waals surface area (Å²) in [6, 6.07) is 0. The first-order chi connectivity index (χ1) is 6.24. The van der Waals surface area contributed by atoms with Gasteiger partial charge in [-0.15, -0.1) is 0 Å². The minimum absolute atomic E-state index is 0.156. The van der Waals surface area contributed by atoms with E-state index in [9.17, 15) is 9.59 Å². The Morgan fingerprint density at radius 2 is 2.38 bits per heavy atom. The molecule has 0 aliphatic heterocycles. The number of hydrogen-bond acceptors (Lipinski definition) is 3. The molecule has 0 amide bonds. The highest BCUT2D eigenvalue weighted by molar-refractivity contribution is 5.93. The SMILES string of the molecule is COC(=O)C[C@H]1[C@@H]2[C@H]3C[C@@H]1C(=O)[C@H]32. The van der Waals surface area contributed by atoms with Crippen LogP contribution >= 0.6 is 0 Å². The van der Waals surface area contributed by atoms with Crippen LogP contribution in [0.1, 0.15) is 12.8 Å². The molecule has 13 heavy (non-hydrogen) atoms. The lowest BCUT2D eigenvalue weighted by molar-refractivity contribution is -0.142. The van der Waals surface area contributed by atoms with E-state index in [1.54, 1.807) is 0 Å². The molecule has 0 unspecified atom stereocenters. The zero-order chi connectivity index (χ0) is 9.16. The highest BCUT2D eigenvalue weighted by atomic mass is 16.5. The van der Waals surface area contributed by atoms with Crippen LogP contribution in [0, 0.1) is 29.6 Å². The van der Waals surface area contributed by atoms with E-state index in [1.807, 2.05) is 0 Å². The van der Waals surface area contributed by atoms with Crippen molar-refractivity contribution in [3.63, 3.8) is 0 Å². The minimum Gasteiger partial charge on any atom is -0.469 e. The molecule has 4 fully saturated rings. The molecule has 0 aromatic rings. The molecular weight excluding hydrogens is 168 g/mol. The fourth-order valence-electron chi connectivity index (χ4n) is 3.55. The maximum atomic E-state index is 11.5. The van der Waals surface area contributed by atoms with Gasteiger partial charge in [0, 0.05) is 18.3 Å². The first-order valence-electron chi connectivity index (χ1n) is 4.84. The molecule has 0 aromatic heterocycles. The molecule has 4 aliphatic rings. The van der Waals surface area contributed by atoms with E-state index in [4.69, 9.17) is 0 Å². The number of Topliss-reactive ketones (excluding diaryl/α,β-unsaturated/α-hetero) is 1. The molecule has 70 valence electrons. The van der Waals surface area contributed by atoms with E-state index in [1.165, 1.54) is 7.11 Å². The van der Waals surface area contributed by atoms with E-state index < -0.39 is 0 Å². The molecule has 4 aliphatic carbocycles. The van der Waals surface area contributed by atoms with Crippen LogP contribution < -0.4 is 0 Å². The predicted molar refractivity (Wildman–Crippen MR) is 43.7 cm³/mol. The summed E-state index contributed by atoms with van der Waals surface area (Å²) in [5.41, 5.74) is 0. The number of carbonyl (C=O) groups is 2. The van der Waals surface area contributed by atoms with Crippen LogP contribution in [0.15, 0.2) is 0 Å². The molecule has 4 bridgehead atoms. The van der Waals surface area contributed by atoms with E-state index >= 15 is 0 Å². The zero-order valence-electron chi connectivity index (χ0n) is 7.53. The van der Waals surface area contributed by atoms with E-state index in [0.717, 1.165) is 6.42 Å². The molecule has 4 rings (SSSR count). The zero-order valence-corrected chi connectivity index (χ0v) is 7.53. The van der Waals surface area contributed by atoms with Crippen molar-refractivity contribution in [1.82, 2.24) is 0 Å². The van der Waals surface area contributed by atoms with Gasteiger partial charge in [0.1, 0.15) is 5.78 Å². The summed E-state index contributed by atoms with van der Waals surface area (Å²) in [5, 5.41) is 0. The number of rotatable bonds is 2. The predicted octanol–water partition coefficient (Wildman–Crippen LogP) is 0.630. The molecule has 0 aromatic carbocycles. The van der Waals surface area contributed by atoms with Gasteiger partial charge in [0.25, 0.3) is 0 Å². The second-order valence-electron chi connectivity index (χ2n) is 4.46. The summed E-state index contributed by atoms with van der Waals surface area (Å²) in [5.74, 6) is 2.36. The van der Waals surface area contributed by atoms with Gasteiger partial charge in [0.2, 0.25) is 0 Å². The quantitative estimate of drug-likeness (QED) is 0.585. The van der Waals surface area contributed by atoms with E-state index in [0.29, 0.717) is 35.9 Å². The summed E-state index contributed by atoms with van der Waals surface area (Å²) in [4.78, 5) is 22.6. The van der Waals surface area contributed by atoms with Gasteiger partial charge in [-0.2, -0.15) is 0 Å². The normalized spacial score (nSPS) is 49.6. The van der Waals surface area contributed by atoms with Crippen molar-refractivity contribution in [3.05, 3.63) is 0 Å². The largest absolute Gasteiger partial charge is 0.469 e. The molecule has 0 spiro atoms. The topological polar surface area (TPSA) is 43.4 Å². The van der Waals surface area contributed by atoms with Crippen LogP contribution in [0.5, 0.6) is 0 Å². The maximum absolute atomic E-state index is 11.5. The minimum atomic E-state index is -0.156. The average Bonchev–Trinajstić information content (AvgIpc) is 2.44. The van der Waals surface area contributed by atoms with Gasteiger partial charge in [-0.1, -0.05) is 0 Å². The third-order valence-corrected chi connectivity index (χ3v) is 4.09. The second kappa shape index (κ2) is 2.14. The fourth-order valence-corrected chi connectivity index (χ4v) is 3.55. The van der Waals surface area contributed by atoms with Gasteiger partial charge in [0.15, 0.2) is 0 Å². The van der Waals surface area contributed by atoms with E-state index in [2.05, 4.69) is 4.74 Å². The Bertz CT molecular complexity index is 297. The average molecular weight is 180 g/mol. The molecule has 5 atom stereocenters. The van der Waals surface area contributed by atoms with Gasteiger partial charge < -0.3 is 4.74 Å². The van der Waals surface area contributed by atoms with Crippen LogP contribution in [0.3, 0.4) is 0 Å². The van der Waals surface area contributed by atoms with Crippen molar-refractivity contribution in [2.24, 2.45) is 29.6 Å². The van der Waals surface area contributed by atoms with E-state index in [-0.39, 0.29) is 11.9 Å². The molecule has 0 radical (unpaired) electrons. The number of ketones is 1. The number of esters is 1. The Morgan fingerprint density at radius 3 is 2.77 bits per heavy atom. The smallest absolute Gasteiger partial charge is 0.305 e. The third-order valence-electron chi connectivity index (χ3n) is 4.09. The number of methoxy groups -OCH3 is 1. The number of ether oxygens (including phenoxy) is 1. The maximum Gasteiger partial charge on any atom is 0.305 e. The second-order valence-corrected chi connectivity index (χ2v) is 4.46. The Balaban J connectivity index is 1.75. The molecule has 3 nitrogen and oxygen atoms in total. The van der Waals surface area contributed by atoms with Crippen LogP contribution in [0.2, 0.25) is 0 Å². The van der Waals surface area contributed by atoms with Gasteiger partial charge in [0.05, 0.1) is 7.11 Å². The van der Waals surface area contributed by atoms with Crippen molar-refractivity contribution in [1.29, 1.82) is 0 Å². The fraction of sp³-hybridized carbons (Fsp3) is 0.800. The molecule has 0 heterocycles. The summed E-state index contributed by atoms with van der Waals surface area (Å²) in [6.45, 7) is 0. The van der Waals surface area contributed by atoms with Crippen LogP contribution in [-0.4, -0.2) is 18.9 Å². The van der Waals surface area contributed by atoms with Crippen LogP contribution in [0.25, 0.3) is 0 Å². The molecule has 0 N–H and O–H groups in total. The van der Waals surface area contributed by atoms with Crippen molar-refractivity contribution in [2.45, 2.75) is 12.8 Å². The highest BCUT2D eigenvalue weighted by Crippen LogP contribution is 2.71. The molecular formula is C10H12O3. The molecule has 4 saturated carbocycles. The highest BCUT2D eigenvalue weighted by Gasteiger charge is 2.73. The number of carbonyl (C=O) groups excluding carboxylic acids is 2. The molecule has 0 saturated heterocycles. The van der Waals surface area contributed by atoms with Crippen LogP contribution in [-0.2, 0) is 14.3 Å². The lowest BCUT2D eigenvalue weighted by Crippen LogP contribution is -2.16. The van der Waals surface area contributed by atoms with Crippen molar-refractivity contribution in [2.75, 3.05) is 7.11 Å². The summed E-state index contributed by atoms with van der Waals surface area (Å²) < 4.78 is 4.63. The third kappa shape index (κ3) is 0.754. The first-order valence-corrected chi connectivity index (χ1v) is 4.84. The van der Waals surface area contributed by atoms with Gasteiger partial charge >= 0.3 is 5.97 Å². The lowest BCUT2D eigenvalue weighted by Gasteiger charge is -2.10. The number of hydrogen-bond donors (Lipinski definition) is 0. The monoisotopic (exact) mass is 180 g/mol. The summed E-state index contributed by atoms with van der Waals surface area (Å²) >= 11 is 0. The van der Waals surface area contributed by atoms with Gasteiger partial charge in [-0.05, 0) is 24.2 Å². The van der Waals surface area contributed by atoms with Gasteiger partial charge in [-0.3, -0.25) is 9.59 Å². The van der Waals surface area contributed by atoms with Crippen molar-refractivity contribution in [3.8, 4) is 0 Å².